The molecule has 0 spiro atoms. The van der Waals surface area contributed by atoms with Gasteiger partial charge in [0.25, 0.3) is 11.6 Å². The van der Waals surface area contributed by atoms with Gasteiger partial charge in [-0.2, -0.15) is 0 Å². The molecular weight excluding hydrogens is 258 g/mol. The van der Waals surface area contributed by atoms with Crippen molar-refractivity contribution in [3.63, 3.8) is 0 Å². The number of nitrogens with one attached hydrogen (secondary N) is 1. The van der Waals surface area contributed by atoms with Gasteiger partial charge in [0.05, 0.1) is 4.92 Å². The predicted molar refractivity (Wildman–Crippen MR) is 68.7 cm³/mol. The van der Waals surface area contributed by atoms with E-state index in [1.165, 1.54) is 18.2 Å². The Hall–Kier alpha value is -1.66. The van der Waals surface area contributed by atoms with Crippen molar-refractivity contribution < 1.29 is 9.72 Å². The highest BCUT2D eigenvalue weighted by atomic mass is 35.5. The number of amides is 1. The molecule has 1 aromatic carbocycles. The van der Waals surface area contributed by atoms with E-state index in [9.17, 15) is 14.9 Å². The summed E-state index contributed by atoms with van der Waals surface area (Å²) < 4.78 is 0. The molecular formula is C11H14ClN3O3. The van der Waals surface area contributed by atoms with E-state index in [4.69, 9.17) is 17.3 Å². The van der Waals surface area contributed by atoms with E-state index in [1.807, 2.05) is 0 Å². The second-order valence-corrected chi connectivity index (χ2v) is 4.90. The molecule has 18 heavy (non-hydrogen) atoms. The standard InChI is InChI=1S/C11H14ClN3O3/c1-11(2,6-13)14-10(16)8-5-7(12)3-4-9(8)15(17)18/h3-5H,6,13H2,1-2H3,(H,14,16). The zero-order valence-corrected chi connectivity index (χ0v) is 10.8. The third-order valence-electron chi connectivity index (χ3n) is 2.36. The van der Waals surface area contributed by atoms with Gasteiger partial charge in [-0.25, -0.2) is 0 Å². The fourth-order valence-corrected chi connectivity index (χ4v) is 1.45. The van der Waals surface area contributed by atoms with Crippen LogP contribution in [0.15, 0.2) is 18.2 Å². The Morgan fingerprint density at radius 3 is 2.67 bits per heavy atom. The third-order valence-corrected chi connectivity index (χ3v) is 2.60. The van der Waals surface area contributed by atoms with Gasteiger partial charge in [-0.3, -0.25) is 14.9 Å². The molecule has 0 unspecified atom stereocenters. The number of nitro groups is 1. The van der Waals surface area contributed by atoms with Gasteiger partial charge in [0.1, 0.15) is 5.56 Å². The van der Waals surface area contributed by atoms with Gasteiger partial charge >= 0.3 is 0 Å². The Labute approximate surface area is 109 Å². The Morgan fingerprint density at radius 1 is 1.56 bits per heavy atom. The van der Waals surface area contributed by atoms with Crippen molar-refractivity contribution >= 4 is 23.2 Å². The van der Waals surface area contributed by atoms with Crippen LogP contribution in [-0.2, 0) is 0 Å². The highest BCUT2D eigenvalue weighted by molar-refractivity contribution is 6.31. The molecule has 0 saturated heterocycles. The van der Waals surface area contributed by atoms with Gasteiger partial charge in [-0.1, -0.05) is 11.6 Å². The van der Waals surface area contributed by atoms with E-state index in [0.717, 1.165) is 0 Å². The Bertz CT molecular complexity index is 488. The van der Waals surface area contributed by atoms with E-state index in [2.05, 4.69) is 5.32 Å². The molecule has 6 nitrogen and oxygen atoms in total. The summed E-state index contributed by atoms with van der Waals surface area (Å²) in [6.45, 7) is 3.66. The molecule has 0 heterocycles. The van der Waals surface area contributed by atoms with Crippen molar-refractivity contribution in [3.8, 4) is 0 Å². The smallest absolute Gasteiger partial charge is 0.282 e. The number of halogens is 1. The van der Waals surface area contributed by atoms with E-state index in [1.54, 1.807) is 13.8 Å². The van der Waals surface area contributed by atoms with Gasteiger partial charge in [-0.15, -0.1) is 0 Å². The van der Waals surface area contributed by atoms with Crippen LogP contribution in [-0.4, -0.2) is 22.9 Å². The normalized spacial score (nSPS) is 11.1. The third kappa shape index (κ3) is 3.41. The van der Waals surface area contributed by atoms with Crippen LogP contribution in [0.4, 0.5) is 5.69 Å². The summed E-state index contributed by atoms with van der Waals surface area (Å²) in [5.41, 5.74) is 4.48. The Kier molecular flexibility index (Phi) is 4.26. The first-order valence-corrected chi connectivity index (χ1v) is 5.61. The first-order valence-electron chi connectivity index (χ1n) is 5.23. The molecule has 7 heteroatoms. The van der Waals surface area contributed by atoms with Crippen LogP contribution in [0.5, 0.6) is 0 Å². The van der Waals surface area contributed by atoms with Crippen LogP contribution < -0.4 is 11.1 Å². The highest BCUT2D eigenvalue weighted by Gasteiger charge is 2.25. The molecule has 0 aliphatic carbocycles. The first-order chi connectivity index (χ1) is 8.26. The topological polar surface area (TPSA) is 98.3 Å². The summed E-state index contributed by atoms with van der Waals surface area (Å²) in [5, 5.41) is 13.7. The summed E-state index contributed by atoms with van der Waals surface area (Å²) in [7, 11) is 0. The van der Waals surface area contributed by atoms with Crippen LogP contribution in [0.3, 0.4) is 0 Å². The molecule has 0 bridgehead atoms. The van der Waals surface area contributed by atoms with Crippen LogP contribution >= 0.6 is 11.6 Å². The minimum atomic E-state index is -0.646. The highest BCUT2D eigenvalue weighted by Crippen LogP contribution is 2.23. The van der Waals surface area contributed by atoms with Gasteiger partial charge in [0.15, 0.2) is 0 Å². The number of rotatable bonds is 4. The number of carbonyl (C=O) groups is 1. The van der Waals surface area contributed by atoms with Gasteiger partial charge in [-0.05, 0) is 26.0 Å². The van der Waals surface area contributed by atoms with Crippen molar-refractivity contribution in [1.29, 1.82) is 0 Å². The first kappa shape index (κ1) is 14.4. The SMILES string of the molecule is CC(C)(CN)NC(=O)c1cc(Cl)ccc1[N+](=O)[O-]. The number of nitro benzene ring substituents is 1. The molecule has 0 aliphatic rings. The fourth-order valence-electron chi connectivity index (χ4n) is 1.28. The second kappa shape index (κ2) is 5.32. The average Bonchev–Trinajstić information content (AvgIpc) is 2.28. The van der Waals surface area contributed by atoms with Crippen molar-refractivity contribution in [2.75, 3.05) is 6.54 Å². The molecule has 0 atom stereocenters. The maximum absolute atomic E-state index is 12.0. The lowest BCUT2D eigenvalue weighted by Gasteiger charge is -2.24. The van der Waals surface area contributed by atoms with E-state index >= 15 is 0 Å². The summed E-state index contributed by atoms with van der Waals surface area (Å²) in [5.74, 6) is -0.570. The lowest BCUT2D eigenvalue weighted by atomic mass is 10.0. The Morgan fingerprint density at radius 2 is 2.17 bits per heavy atom. The molecule has 0 fully saturated rings. The number of carbonyl (C=O) groups excluding carboxylic acids is 1. The van der Waals surface area contributed by atoms with Gasteiger partial charge in [0.2, 0.25) is 0 Å². The molecule has 0 aromatic heterocycles. The molecule has 1 aromatic rings. The van der Waals surface area contributed by atoms with Crippen LogP contribution in [0.1, 0.15) is 24.2 Å². The van der Waals surface area contributed by atoms with Crippen molar-refractivity contribution in [2.24, 2.45) is 5.73 Å². The van der Waals surface area contributed by atoms with Gasteiger partial charge < -0.3 is 11.1 Å². The van der Waals surface area contributed by atoms with E-state index < -0.39 is 16.4 Å². The average molecular weight is 272 g/mol. The largest absolute Gasteiger partial charge is 0.346 e. The van der Waals surface area contributed by atoms with Crippen LogP contribution in [0, 0.1) is 10.1 Å². The molecule has 1 rings (SSSR count). The zero-order valence-electron chi connectivity index (χ0n) is 10.1. The molecule has 0 aliphatic heterocycles. The summed E-state index contributed by atoms with van der Waals surface area (Å²) in [4.78, 5) is 22.2. The summed E-state index contributed by atoms with van der Waals surface area (Å²) >= 11 is 5.74. The predicted octanol–water partition coefficient (Wildman–Crippen LogP) is 1.72. The number of benzene rings is 1. The van der Waals surface area contributed by atoms with Gasteiger partial charge in [0, 0.05) is 23.2 Å². The second-order valence-electron chi connectivity index (χ2n) is 4.46. The summed E-state index contributed by atoms with van der Waals surface area (Å²) in [6, 6.07) is 3.83. The minimum absolute atomic E-state index is 0.0750. The van der Waals surface area contributed by atoms with E-state index in [-0.39, 0.29) is 22.8 Å². The van der Waals surface area contributed by atoms with Crippen LogP contribution in [0.2, 0.25) is 5.02 Å². The van der Waals surface area contributed by atoms with Crippen molar-refractivity contribution in [1.82, 2.24) is 5.32 Å². The molecule has 3 N–H and O–H groups in total. The van der Waals surface area contributed by atoms with Crippen molar-refractivity contribution in [2.45, 2.75) is 19.4 Å². The lowest BCUT2D eigenvalue weighted by Crippen LogP contribution is -2.48. The minimum Gasteiger partial charge on any atom is -0.346 e. The molecule has 1 amide bonds. The molecule has 0 saturated carbocycles. The van der Waals surface area contributed by atoms with Crippen molar-refractivity contribution in [3.05, 3.63) is 38.9 Å². The fraction of sp³-hybridized carbons (Fsp3) is 0.364. The lowest BCUT2D eigenvalue weighted by molar-refractivity contribution is -0.385. The van der Waals surface area contributed by atoms with Crippen LogP contribution in [0.25, 0.3) is 0 Å². The summed E-state index contributed by atoms with van der Waals surface area (Å²) in [6.07, 6.45) is 0. The zero-order chi connectivity index (χ0) is 13.9. The monoisotopic (exact) mass is 271 g/mol. The number of nitrogens with two attached hydrogens (primary N) is 1. The number of nitrogens with zero attached hydrogens (tertiary/aromatic N) is 1. The quantitative estimate of drug-likeness (QED) is 0.643. The van der Waals surface area contributed by atoms with E-state index in [0.29, 0.717) is 0 Å². The molecule has 98 valence electrons. The number of hydrogen-bond acceptors (Lipinski definition) is 4. The Balaban J connectivity index is 3.12. The maximum atomic E-state index is 12.0. The number of hydrogen-bond donors (Lipinski definition) is 2. The molecule has 0 radical (unpaired) electrons. The maximum Gasteiger partial charge on any atom is 0.282 e.